The SMILES string of the molecule is C#CC(=O)N(c1ccc(N)cc1)C(C(=O)NC(C)(C)C)c1ccc(N)cc1. The van der Waals surface area contributed by atoms with E-state index in [1.165, 1.54) is 4.90 Å². The number of carbonyl (C=O) groups is 2. The highest BCUT2D eigenvalue weighted by atomic mass is 16.2. The van der Waals surface area contributed by atoms with Crippen molar-refractivity contribution in [1.29, 1.82) is 0 Å². The van der Waals surface area contributed by atoms with Gasteiger partial charge in [0, 0.05) is 22.6 Å². The lowest BCUT2D eigenvalue weighted by Gasteiger charge is -2.32. The van der Waals surface area contributed by atoms with Gasteiger partial charge < -0.3 is 16.8 Å². The van der Waals surface area contributed by atoms with E-state index in [1.807, 2.05) is 20.8 Å². The van der Waals surface area contributed by atoms with Gasteiger partial charge in [0.1, 0.15) is 6.04 Å². The van der Waals surface area contributed by atoms with Gasteiger partial charge in [-0.2, -0.15) is 0 Å². The summed E-state index contributed by atoms with van der Waals surface area (Å²) in [5, 5.41) is 2.92. The number of terminal acetylenes is 1. The quantitative estimate of drug-likeness (QED) is 0.573. The number of nitrogen functional groups attached to an aromatic ring is 2. The highest BCUT2D eigenvalue weighted by Gasteiger charge is 2.33. The lowest BCUT2D eigenvalue weighted by molar-refractivity contribution is -0.126. The van der Waals surface area contributed by atoms with Crippen molar-refractivity contribution >= 4 is 28.9 Å². The summed E-state index contributed by atoms with van der Waals surface area (Å²) < 4.78 is 0. The summed E-state index contributed by atoms with van der Waals surface area (Å²) in [6.07, 6.45) is 5.39. The van der Waals surface area contributed by atoms with Gasteiger partial charge >= 0.3 is 5.91 Å². The molecule has 1 atom stereocenters. The average molecular weight is 364 g/mol. The molecule has 0 fully saturated rings. The van der Waals surface area contributed by atoms with E-state index in [2.05, 4.69) is 11.2 Å². The second kappa shape index (κ2) is 7.83. The Morgan fingerprint density at radius 2 is 1.48 bits per heavy atom. The Morgan fingerprint density at radius 1 is 1.00 bits per heavy atom. The molecule has 27 heavy (non-hydrogen) atoms. The molecule has 6 heteroatoms. The summed E-state index contributed by atoms with van der Waals surface area (Å²) in [4.78, 5) is 27.0. The van der Waals surface area contributed by atoms with Crippen molar-refractivity contribution in [1.82, 2.24) is 5.32 Å². The van der Waals surface area contributed by atoms with Crippen molar-refractivity contribution in [3.05, 3.63) is 54.1 Å². The second-order valence-electron chi connectivity index (χ2n) is 7.22. The summed E-state index contributed by atoms with van der Waals surface area (Å²) in [6, 6.07) is 12.4. The third-order valence-electron chi connectivity index (χ3n) is 3.77. The first-order valence-electron chi connectivity index (χ1n) is 8.45. The van der Waals surface area contributed by atoms with E-state index in [-0.39, 0.29) is 5.91 Å². The van der Waals surface area contributed by atoms with Crippen LogP contribution in [0.1, 0.15) is 32.4 Å². The zero-order chi connectivity index (χ0) is 20.2. The molecule has 2 aromatic carbocycles. The van der Waals surface area contributed by atoms with Gasteiger partial charge in [-0.05, 0) is 68.7 Å². The van der Waals surface area contributed by atoms with E-state index >= 15 is 0 Å². The molecule has 1 unspecified atom stereocenters. The van der Waals surface area contributed by atoms with E-state index in [4.69, 9.17) is 17.9 Å². The first-order valence-corrected chi connectivity index (χ1v) is 8.45. The van der Waals surface area contributed by atoms with Crippen molar-refractivity contribution in [3.63, 3.8) is 0 Å². The smallest absolute Gasteiger partial charge is 0.303 e. The Balaban J connectivity index is 2.60. The fraction of sp³-hybridized carbons (Fsp3) is 0.238. The normalized spacial score (nSPS) is 11.9. The number of anilines is 3. The maximum absolute atomic E-state index is 13.1. The molecule has 0 bridgehead atoms. The highest BCUT2D eigenvalue weighted by molar-refractivity contribution is 6.09. The average Bonchev–Trinajstić information content (AvgIpc) is 2.59. The zero-order valence-electron chi connectivity index (χ0n) is 15.7. The predicted octanol–water partition coefficient (Wildman–Crippen LogP) is 2.47. The van der Waals surface area contributed by atoms with Crippen LogP contribution in [0, 0.1) is 12.3 Å². The molecule has 0 aliphatic heterocycles. The summed E-state index contributed by atoms with van der Waals surface area (Å²) in [7, 11) is 0. The largest absolute Gasteiger partial charge is 0.399 e. The maximum Gasteiger partial charge on any atom is 0.303 e. The van der Waals surface area contributed by atoms with Crippen LogP contribution in [-0.4, -0.2) is 17.4 Å². The van der Waals surface area contributed by atoms with Crippen LogP contribution < -0.4 is 21.7 Å². The maximum atomic E-state index is 13.1. The van der Waals surface area contributed by atoms with Crippen molar-refractivity contribution in [2.45, 2.75) is 32.4 Å². The molecule has 0 spiro atoms. The van der Waals surface area contributed by atoms with Crippen molar-refractivity contribution in [2.75, 3.05) is 16.4 Å². The van der Waals surface area contributed by atoms with Gasteiger partial charge in [-0.3, -0.25) is 14.5 Å². The molecule has 0 radical (unpaired) electrons. The van der Waals surface area contributed by atoms with Crippen LogP contribution in [-0.2, 0) is 9.59 Å². The number of rotatable bonds is 4. The van der Waals surface area contributed by atoms with Gasteiger partial charge in [0.15, 0.2) is 0 Å². The number of hydrogen-bond donors (Lipinski definition) is 3. The Morgan fingerprint density at radius 3 is 1.93 bits per heavy atom. The molecule has 2 aromatic rings. The Kier molecular flexibility index (Phi) is 5.76. The zero-order valence-corrected chi connectivity index (χ0v) is 15.7. The summed E-state index contributed by atoms with van der Waals surface area (Å²) in [5.74, 6) is 1.12. The highest BCUT2D eigenvalue weighted by Crippen LogP contribution is 2.29. The van der Waals surface area contributed by atoms with Gasteiger partial charge in [0.2, 0.25) is 5.91 Å². The molecule has 2 amide bonds. The van der Waals surface area contributed by atoms with Gasteiger partial charge in [0.05, 0.1) is 0 Å². The summed E-state index contributed by atoms with van der Waals surface area (Å²) in [5.41, 5.74) is 13.2. The Bertz CT molecular complexity index is 859. The minimum atomic E-state index is -0.961. The van der Waals surface area contributed by atoms with Gasteiger partial charge in [-0.25, -0.2) is 0 Å². The third kappa shape index (κ3) is 5.02. The van der Waals surface area contributed by atoms with Crippen LogP contribution >= 0.6 is 0 Å². The molecule has 0 saturated heterocycles. The van der Waals surface area contributed by atoms with E-state index in [0.29, 0.717) is 22.6 Å². The number of nitrogens with two attached hydrogens (primary N) is 2. The van der Waals surface area contributed by atoms with E-state index in [9.17, 15) is 9.59 Å². The Hall–Kier alpha value is -3.46. The number of carbonyl (C=O) groups excluding carboxylic acids is 2. The predicted molar refractivity (Wildman–Crippen MR) is 109 cm³/mol. The van der Waals surface area contributed by atoms with Crippen molar-refractivity contribution in [3.8, 4) is 12.3 Å². The minimum Gasteiger partial charge on any atom is -0.399 e. The number of amides is 2. The van der Waals surface area contributed by atoms with Crippen LogP contribution in [0.15, 0.2) is 48.5 Å². The molecule has 0 saturated carbocycles. The molecule has 2 rings (SSSR count). The molecule has 6 nitrogen and oxygen atoms in total. The van der Waals surface area contributed by atoms with Crippen LogP contribution in [0.2, 0.25) is 0 Å². The summed E-state index contributed by atoms with van der Waals surface area (Å²) >= 11 is 0. The van der Waals surface area contributed by atoms with Crippen molar-refractivity contribution in [2.24, 2.45) is 0 Å². The van der Waals surface area contributed by atoms with Crippen LogP contribution in [0.25, 0.3) is 0 Å². The molecular weight excluding hydrogens is 340 g/mol. The number of nitrogens with one attached hydrogen (secondary N) is 1. The fourth-order valence-electron chi connectivity index (χ4n) is 2.62. The van der Waals surface area contributed by atoms with Crippen LogP contribution in [0.5, 0.6) is 0 Å². The number of nitrogens with zero attached hydrogens (tertiary/aromatic N) is 1. The van der Waals surface area contributed by atoms with Gasteiger partial charge in [-0.15, -0.1) is 6.42 Å². The number of hydrogen-bond acceptors (Lipinski definition) is 4. The third-order valence-corrected chi connectivity index (χ3v) is 3.77. The Labute approximate surface area is 159 Å². The van der Waals surface area contributed by atoms with E-state index in [1.54, 1.807) is 48.5 Å². The minimum absolute atomic E-state index is 0.354. The fourth-order valence-corrected chi connectivity index (χ4v) is 2.62. The first kappa shape index (κ1) is 19.9. The first-order chi connectivity index (χ1) is 12.6. The number of benzene rings is 2. The molecule has 0 heterocycles. The standard InChI is InChI=1S/C21H24N4O2/c1-5-18(26)25(17-12-10-16(23)11-13-17)19(20(27)24-21(2,3)4)14-6-8-15(22)9-7-14/h1,6-13,19H,22-23H2,2-4H3,(H,24,27). The molecule has 0 aromatic heterocycles. The molecule has 0 aliphatic rings. The molecular formula is C21H24N4O2. The van der Waals surface area contributed by atoms with Gasteiger partial charge in [0.25, 0.3) is 0 Å². The van der Waals surface area contributed by atoms with Crippen LogP contribution in [0.3, 0.4) is 0 Å². The second-order valence-corrected chi connectivity index (χ2v) is 7.22. The van der Waals surface area contributed by atoms with E-state index < -0.39 is 17.5 Å². The summed E-state index contributed by atoms with van der Waals surface area (Å²) in [6.45, 7) is 5.59. The molecule has 5 N–H and O–H groups in total. The topological polar surface area (TPSA) is 101 Å². The molecule has 0 aliphatic carbocycles. The monoisotopic (exact) mass is 364 g/mol. The van der Waals surface area contributed by atoms with Gasteiger partial charge in [-0.1, -0.05) is 12.1 Å². The van der Waals surface area contributed by atoms with Crippen molar-refractivity contribution < 1.29 is 9.59 Å². The van der Waals surface area contributed by atoms with E-state index in [0.717, 1.165) is 0 Å². The van der Waals surface area contributed by atoms with Crippen LogP contribution in [0.4, 0.5) is 17.1 Å². The molecule has 140 valence electrons. The lowest BCUT2D eigenvalue weighted by Crippen LogP contribution is -2.49. The lowest BCUT2D eigenvalue weighted by atomic mass is 10.0.